The standard InChI is InChI=1S/C13H22N4/c1-16-9-8-15-12(16)17-10-7-14-11-13(17)5-3-2-4-6-13/h8-9,14H,2-7,10-11H2,1H3. The number of nitrogens with zero attached hydrogens (tertiary/aromatic N) is 3. The molecule has 94 valence electrons. The van der Waals surface area contributed by atoms with Crippen molar-refractivity contribution in [1.29, 1.82) is 0 Å². The van der Waals surface area contributed by atoms with Crippen LogP contribution in [0.5, 0.6) is 0 Å². The molecule has 1 aromatic rings. The zero-order valence-electron chi connectivity index (χ0n) is 10.7. The summed E-state index contributed by atoms with van der Waals surface area (Å²) < 4.78 is 2.15. The lowest BCUT2D eigenvalue weighted by atomic mass is 9.79. The second kappa shape index (κ2) is 4.33. The first-order valence-corrected chi connectivity index (χ1v) is 6.78. The zero-order chi connectivity index (χ0) is 11.7. The monoisotopic (exact) mass is 234 g/mol. The number of piperazine rings is 1. The van der Waals surface area contributed by atoms with E-state index in [-0.39, 0.29) is 0 Å². The third-order valence-corrected chi connectivity index (χ3v) is 4.36. The Morgan fingerprint density at radius 1 is 1.29 bits per heavy atom. The largest absolute Gasteiger partial charge is 0.334 e. The van der Waals surface area contributed by atoms with Gasteiger partial charge in [-0.15, -0.1) is 0 Å². The summed E-state index contributed by atoms with van der Waals surface area (Å²) in [7, 11) is 2.10. The second-order valence-corrected chi connectivity index (χ2v) is 5.45. The Bertz CT molecular complexity index is 370. The van der Waals surface area contributed by atoms with E-state index in [0.717, 1.165) is 25.6 Å². The van der Waals surface area contributed by atoms with Crippen LogP contribution in [-0.4, -0.2) is 34.7 Å². The van der Waals surface area contributed by atoms with Crippen LogP contribution in [0.15, 0.2) is 12.4 Å². The van der Waals surface area contributed by atoms with Gasteiger partial charge in [0, 0.05) is 39.1 Å². The molecule has 2 aliphatic rings. The maximum absolute atomic E-state index is 4.55. The highest BCUT2D eigenvalue weighted by atomic mass is 15.4. The molecular formula is C13H22N4. The van der Waals surface area contributed by atoms with Gasteiger partial charge in [0.15, 0.2) is 0 Å². The van der Waals surface area contributed by atoms with Gasteiger partial charge >= 0.3 is 0 Å². The fourth-order valence-corrected chi connectivity index (χ4v) is 3.43. The van der Waals surface area contributed by atoms with Gasteiger partial charge < -0.3 is 14.8 Å². The van der Waals surface area contributed by atoms with Crippen LogP contribution in [0.1, 0.15) is 32.1 Å². The van der Waals surface area contributed by atoms with E-state index in [1.807, 2.05) is 12.4 Å². The molecule has 17 heavy (non-hydrogen) atoms. The van der Waals surface area contributed by atoms with E-state index in [2.05, 4.69) is 26.8 Å². The lowest BCUT2D eigenvalue weighted by Gasteiger charge is -2.50. The highest BCUT2D eigenvalue weighted by Gasteiger charge is 2.41. The van der Waals surface area contributed by atoms with Gasteiger partial charge in [0.25, 0.3) is 0 Å². The normalized spacial score (nSPS) is 24.2. The number of aromatic nitrogens is 2. The van der Waals surface area contributed by atoms with Gasteiger partial charge in [-0.25, -0.2) is 4.98 Å². The second-order valence-electron chi connectivity index (χ2n) is 5.45. The molecular weight excluding hydrogens is 212 g/mol. The highest BCUT2D eigenvalue weighted by Crippen LogP contribution is 2.36. The smallest absolute Gasteiger partial charge is 0.205 e. The Morgan fingerprint density at radius 3 is 2.82 bits per heavy atom. The lowest BCUT2D eigenvalue weighted by molar-refractivity contribution is 0.237. The van der Waals surface area contributed by atoms with Gasteiger partial charge in [-0.3, -0.25) is 0 Å². The molecule has 0 unspecified atom stereocenters. The SMILES string of the molecule is Cn1ccnc1N1CCNCC12CCCCC2. The van der Waals surface area contributed by atoms with Crippen LogP contribution in [-0.2, 0) is 7.05 Å². The van der Waals surface area contributed by atoms with Crippen molar-refractivity contribution in [1.82, 2.24) is 14.9 Å². The molecule has 1 N–H and O–H groups in total. The van der Waals surface area contributed by atoms with E-state index in [1.54, 1.807) is 0 Å². The van der Waals surface area contributed by atoms with Crippen molar-refractivity contribution in [3.63, 3.8) is 0 Å². The molecule has 2 fully saturated rings. The number of anilines is 1. The highest BCUT2D eigenvalue weighted by molar-refractivity contribution is 5.38. The summed E-state index contributed by atoms with van der Waals surface area (Å²) in [4.78, 5) is 7.11. The Kier molecular flexibility index (Phi) is 2.82. The molecule has 0 bridgehead atoms. The molecule has 1 aliphatic carbocycles. The van der Waals surface area contributed by atoms with E-state index in [9.17, 15) is 0 Å². The van der Waals surface area contributed by atoms with E-state index < -0.39 is 0 Å². The molecule has 1 spiro atoms. The Balaban J connectivity index is 1.92. The molecule has 1 aliphatic heterocycles. The van der Waals surface area contributed by atoms with Crippen molar-refractivity contribution in [2.45, 2.75) is 37.6 Å². The van der Waals surface area contributed by atoms with Crippen LogP contribution in [0.3, 0.4) is 0 Å². The Hall–Kier alpha value is -1.03. The summed E-state index contributed by atoms with van der Waals surface area (Å²) >= 11 is 0. The van der Waals surface area contributed by atoms with E-state index in [0.29, 0.717) is 5.54 Å². The number of nitrogens with one attached hydrogen (secondary N) is 1. The van der Waals surface area contributed by atoms with Gasteiger partial charge in [0.2, 0.25) is 5.95 Å². The molecule has 4 heteroatoms. The molecule has 2 heterocycles. The number of rotatable bonds is 1. The number of hydrogen-bond donors (Lipinski definition) is 1. The van der Waals surface area contributed by atoms with Gasteiger partial charge in [0.05, 0.1) is 5.54 Å². The predicted molar refractivity (Wildman–Crippen MR) is 69.2 cm³/mol. The van der Waals surface area contributed by atoms with Crippen molar-refractivity contribution in [3.05, 3.63) is 12.4 Å². The van der Waals surface area contributed by atoms with E-state index in [1.165, 1.54) is 32.1 Å². The topological polar surface area (TPSA) is 33.1 Å². The molecule has 0 amide bonds. The molecule has 0 radical (unpaired) electrons. The molecule has 1 saturated carbocycles. The summed E-state index contributed by atoms with van der Waals surface area (Å²) in [6.07, 6.45) is 10.7. The van der Waals surface area contributed by atoms with Crippen molar-refractivity contribution in [2.75, 3.05) is 24.5 Å². The average molecular weight is 234 g/mol. The minimum atomic E-state index is 0.329. The van der Waals surface area contributed by atoms with Gasteiger partial charge in [-0.1, -0.05) is 19.3 Å². The number of imidazole rings is 1. The fourth-order valence-electron chi connectivity index (χ4n) is 3.43. The summed E-state index contributed by atoms with van der Waals surface area (Å²) in [5, 5.41) is 3.58. The molecule has 0 aromatic carbocycles. The first-order chi connectivity index (χ1) is 8.32. The molecule has 1 aromatic heterocycles. The van der Waals surface area contributed by atoms with E-state index >= 15 is 0 Å². The summed E-state index contributed by atoms with van der Waals surface area (Å²) in [6.45, 7) is 3.29. The van der Waals surface area contributed by atoms with Gasteiger partial charge in [0.1, 0.15) is 0 Å². The maximum Gasteiger partial charge on any atom is 0.205 e. The quantitative estimate of drug-likeness (QED) is 0.800. The maximum atomic E-state index is 4.55. The first kappa shape index (κ1) is 11.1. The third-order valence-electron chi connectivity index (χ3n) is 4.36. The zero-order valence-corrected chi connectivity index (χ0v) is 10.7. The minimum Gasteiger partial charge on any atom is -0.334 e. The molecule has 4 nitrogen and oxygen atoms in total. The first-order valence-electron chi connectivity index (χ1n) is 6.78. The summed E-state index contributed by atoms with van der Waals surface area (Å²) in [5.74, 6) is 1.15. The third kappa shape index (κ3) is 1.84. The number of aryl methyl sites for hydroxylation is 1. The fraction of sp³-hybridized carbons (Fsp3) is 0.769. The lowest BCUT2D eigenvalue weighted by Crippen LogP contribution is -2.62. The van der Waals surface area contributed by atoms with Crippen molar-refractivity contribution >= 4 is 5.95 Å². The summed E-state index contributed by atoms with van der Waals surface area (Å²) in [5.41, 5.74) is 0.329. The van der Waals surface area contributed by atoms with Crippen LogP contribution < -0.4 is 10.2 Å². The van der Waals surface area contributed by atoms with Crippen molar-refractivity contribution in [3.8, 4) is 0 Å². The van der Waals surface area contributed by atoms with Crippen LogP contribution in [0.4, 0.5) is 5.95 Å². The van der Waals surface area contributed by atoms with Gasteiger partial charge in [-0.2, -0.15) is 0 Å². The van der Waals surface area contributed by atoms with Crippen LogP contribution in [0.2, 0.25) is 0 Å². The Labute approximate surface area is 103 Å². The number of hydrogen-bond acceptors (Lipinski definition) is 3. The van der Waals surface area contributed by atoms with Crippen molar-refractivity contribution in [2.24, 2.45) is 7.05 Å². The van der Waals surface area contributed by atoms with Crippen LogP contribution >= 0.6 is 0 Å². The van der Waals surface area contributed by atoms with Crippen LogP contribution in [0.25, 0.3) is 0 Å². The Morgan fingerprint density at radius 2 is 2.12 bits per heavy atom. The average Bonchev–Trinajstić information content (AvgIpc) is 2.77. The molecule has 3 rings (SSSR count). The molecule has 1 saturated heterocycles. The van der Waals surface area contributed by atoms with E-state index in [4.69, 9.17) is 0 Å². The minimum absolute atomic E-state index is 0.329. The molecule has 0 atom stereocenters. The summed E-state index contributed by atoms with van der Waals surface area (Å²) in [6, 6.07) is 0. The van der Waals surface area contributed by atoms with Crippen molar-refractivity contribution < 1.29 is 0 Å². The van der Waals surface area contributed by atoms with Crippen LogP contribution in [0, 0.1) is 0 Å². The predicted octanol–water partition coefficient (Wildman–Crippen LogP) is 1.53. The van der Waals surface area contributed by atoms with Gasteiger partial charge in [-0.05, 0) is 12.8 Å².